The number of nitrogens with zero attached hydrogens (tertiary/aromatic N) is 1. The monoisotopic (exact) mass is 366 g/mol. The Labute approximate surface area is 133 Å². The van der Waals surface area contributed by atoms with E-state index in [0.717, 1.165) is 12.1 Å². The van der Waals surface area contributed by atoms with Crippen molar-refractivity contribution in [2.45, 2.75) is 17.9 Å². The Hall–Kier alpha value is -0.360. The molecule has 0 spiro atoms. The van der Waals surface area contributed by atoms with Gasteiger partial charge in [0, 0.05) is 6.54 Å². The van der Waals surface area contributed by atoms with Crippen molar-refractivity contribution in [3.8, 4) is 0 Å². The fourth-order valence-electron chi connectivity index (χ4n) is 1.30. The van der Waals surface area contributed by atoms with Gasteiger partial charge < -0.3 is 5.32 Å². The summed E-state index contributed by atoms with van der Waals surface area (Å²) in [5.41, 5.74) is -0.978. The molecule has 0 radical (unpaired) electrons. The Balaban J connectivity index is 3.30. The minimum absolute atomic E-state index is 0.0245. The Morgan fingerprint density at radius 3 is 2.10 bits per heavy atom. The molecule has 0 amide bonds. The van der Waals surface area contributed by atoms with Crippen LogP contribution in [-0.4, -0.2) is 17.2 Å². The van der Waals surface area contributed by atoms with Gasteiger partial charge in [-0.3, -0.25) is 0 Å². The van der Waals surface area contributed by atoms with Crippen molar-refractivity contribution in [3.63, 3.8) is 0 Å². The summed E-state index contributed by atoms with van der Waals surface area (Å²) in [5, 5.41) is 2.29. The number of alkyl halides is 5. The molecule has 0 saturated carbocycles. The average molecular weight is 368 g/mol. The highest BCUT2D eigenvalue weighted by molar-refractivity contribution is 6.54. The number of aliphatic imine (C=N–C) groups is 1. The molecule has 1 aromatic rings. The third-order valence-corrected chi connectivity index (χ3v) is 3.13. The fraction of sp³-hybridized carbons (Fsp3) is 0.364. The number of halogens is 7. The predicted octanol–water partition coefficient (Wildman–Crippen LogP) is 5.46. The maximum atomic E-state index is 12.6. The minimum atomic E-state index is -4.54. The molecular formula is C11H9Cl4F3N2. The number of hydrogen-bond donors (Lipinski definition) is 1. The van der Waals surface area contributed by atoms with Crippen LogP contribution >= 0.6 is 46.4 Å². The largest absolute Gasteiger partial charge is 0.416 e. The van der Waals surface area contributed by atoms with Crippen LogP contribution in [0, 0.1) is 0 Å². The lowest BCUT2D eigenvalue weighted by Crippen LogP contribution is -2.28. The van der Waals surface area contributed by atoms with Gasteiger partial charge in [0.25, 0.3) is 0 Å². The van der Waals surface area contributed by atoms with Gasteiger partial charge >= 0.3 is 6.18 Å². The van der Waals surface area contributed by atoms with Crippen LogP contribution in [0.15, 0.2) is 17.1 Å². The van der Waals surface area contributed by atoms with E-state index in [4.69, 9.17) is 46.4 Å². The van der Waals surface area contributed by atoms with E-state index in [2.05, 4.69) is 10.3 Å². The molecule has 9 heteroatoms. The number of amidine groups is 1. The Bertz CT molecular complexity index is 492. The molecule has 0 aromatic heterocycles. The van der Waals surface area contributed by atoms with E-state index in [1.54, 1.807) is 6.92 Å². The number of rotatable bonds is 3. The average Bonchev–Trinajstić information content (AvgIpc) is 2.30. The van der Waals surface area contributed by atoms with Crippen molar-refractivity contribution in [1.82, 2.24) is 5.32 Å². The molecule has 20 heavy (non-hydrogen) atoms. The molecule has 1 N–H and O–H groups in total. The van der Waals surface area contributed by atoms with Gasteiger partial charge in [0.2, 0.25) is 0 Å². The lowest BCUT2D eigenvalue weighted by atomic mass is 10.2. The second kappa shape index (κ2) is 7.07. The molecule has 0 aliphatic heterocycles. The number of benzene rings is 1. The highest BCUT2D eigenvalue weighted by Crippen LogP contribution is 2.40. The molecule has 112 valence electrons. The molecule has 0 saturated heterocycles. The van der Waals surface area contributed by atoms with Gasteiger partial charge in [-0.25, -0.2) is 4.99 Å². The maximum Gasteiger partial charge on any atom is 0.416 e. The maximum absolute atomic E-state index is 12.6. The lowest BCUT2D eigenvalue weighted by Gasteiger charge is -2.12. The normalized spacial score (nSPS) is 12.9. The molecule has 0 bridgehead atoms. The third-order valence-electron chi connectivity index (χ3n) is 2.14. The van der Waals surface area contributed by atoms with Crippen molar-refractivity contribution in [2.75, 3.05) is 6.54 Å². The SMILES string of the molecule is CCN/C(=N/c1c(Cl)cc(C(F)(F)F)cc1Cl)C(Cl)Cl. The fourth-order valence-corrected chi connectivity index (χ4v) is 2.13. The van der Waals surface area contributed by atoms with E-state index in [-0.39, 0.29) is 21.6 Å². The van der Waals surface area contributed by atoms with E-state index >= 15 is 0 Å². The van der Waals surface area contributed by atoms with Crippen LogP contribution in [0.25, 0.3) is 0 Å². The van der Waals surface area contributed by atoms with Crippen molar-refractivity contribution in [1.29, 1.82) is 0 Å². The zero-order valence-electron chi connectivity index (χ0n) is 10.0. The molecule has 1 rings (SSSR count). The van der Waals surface area contributed by atoms with Crippen molar-refractivity contribution in [2.24, 2.45) is 4.99 Å². The van der Waals surface area contributed by atoms with Gasteiger partial charge in [-0.05, 0) is 19.1 Å². The molecule has 2 nitrogen and oxygen atoms in total. The van der Waals surface area contributed by atoms with Crippen LogP contribution in [0.1, 0.15) is 12.5 Å². The molecule has 0 atom stereocenters. The molecule has 0 unspecified atom stereocenters. The van der Waals surface area contributed by atoms with E-state index in [0.29, 0.717) is 6.54 Å². The summed E-state index contributed by atoms with van der Waals surface area (Å²) in [6.45, 7) is 2.26. The third kappa shape index (κ3) is 4.58. The molecule has 0 aliphatic carbocycles. The predicted molar refractivity (Wildman–Crippen MR) is 77.7 cm³/mol. The molecule has 0 aliphatic rings. The van der Waals surface area contributed by atoms with Gasteiger partial charge in [0.05, 0.1) is 15.6 Å². The van der Waals surface area contributed by atoms with Crippen LogP contribution in [0.2, 0.25) is 10.0 Å². The van der Waals surface area contributed by atoms with Gasteiger partial charge in [-0.15, -0.1) is 0 Å². The van der Waals surface area contributed by atoms with Crippen molar-refractivity contribution >= 4 is 57.9 Å². The lowest BCUT2D eigenvalue weighted by molar-refractivity contribution is -0.137. The van der Waals surface area contributed by atoms with Crippen LogP contribution in [0.3, 0.4) is 0 Å². The van der Waals surface area contributed by atoms with Crippen LogP contribution < -0.4 is 5.32 Å². The zero-order valence-corrected chi connectivity index (χ0v) is 13.1. The summed E-state index contributed by atoms with van der Waals surface area (Å²) in [4.78, 5) is 3.00. The minimum Gasteiger partial charge on any atom is -0.372 e. The first-order chi connectivity index (χ1) is 9.16. The number of hydrogen-bond acceptors (Lipinski definition) is 1. The van der Waals surface area contributed by atoms with Crippen molar-refractivity contribution in [3.05, 3.63) is 27.7 Å². The van der Waals surface area contributed by atoms with E-state index in [1.807, 2.05) is 0 Å². The van der Waals surface area contributed by atoms with Crippen LogP contribution in [0.5, 0.6) is 0 Å². The molecule has 0 fully saturated rings. The topological polar surface area (TPSA) is 24.4 Å². The van der Waals surface area contributed by atoms with E-state index in [1.165, 1.54) is 0 Å². The van der Waals surface area contributed by atoms with Gasteiger partial charge in [0.15, 0.2) is 4.84 Å². The highest BCUT2D eigenvalue weighted by atomic mass is 35.5. The molecular weight excluding hydrogens is 359 g/mol. The summed E-state index contributed by atoms with van der Waals surface area (Å²) in [7, 11) is 0. The summed E-state index contributed by atoms with van der Waals surface area (Å²) >= 11 is 22.9. The smallest absolute Gasteiger partial charge is 0.372 e. The quantitative estimate of drug-likeness (QED) is 0.428. The van der Waals surface area contributed by atoms with E-state index in [9.17, 15) is 13.2 Å². The van der Waals surface area contributed by atoms with Gasteiger partial charge in [-0.2, -0.15) is 13.2 Å². The Morgan fingerprint density at radius 2 is 1.75 bits per heavy atom. The first-order valence-corrected chi connectivity index (χ1v) is 6.96. The van der Waals surface area contributed by atoms with Gasteiger partial charge in [-0.1, -0.05) is 46.4 Å². The Morgan fingerprint density at radius 1 is 1.25 bits per heavy atom. The number of nitrogens with one attached hydrogen (secondary N) is 1. The second-order valence-corrected chi connectivity index (χ2v) is 5.52. The van der Waals surface area contributed by atoms with E-state index < -0.39 is 16.6 Å². The van der Waals surface area contributed by atoms with Gasteiger partial charge in [0.1, 0.15) is 11.5 Å². The first-order valence-electron chi connectivity index (χ1n) is 5.33. The molecule has 0 heterocycles. The standard InChI is InChI=1S/C11H9Cl4F3N2/c1-2-19-10(9(14)15)20-8-6(12)3-5(4-7(8)13)11(16,17)18/h3-4,9H,2H2,1H3,(H,19,20). The molecule has 1 aromatic carbocycles. The van der Waals surface area contributed by atoms with Crippen LogP contribution in [-0.2, 0) is 6.18 Å². The second-order valence-electron chi connectivity index (χ2n) is 3.61. The van der Waals surface area contributed by atoms with Crippen LogP contribution in [0.4, 0.5) is 18.9 Å². The zero-order chi connectivity index (χ0) is 15.5. The summed E-state index contributed by atoms with van der Waals surface area (Å²) in [6, 6.07) is 1.49. The summed E-state index contributed by atoms with van der Waals surface area (Å²) in [5.74, 6) is 0.152. The summed E-state index contributed by atoms with van der Waals surface area (Å²) < 4.78 is 37.8. The Kier molecular flexibility index (Phi) is 6.25. The summed E-state index contributed by atoms with van der Waals surface area (Å²) in [6.07, 6.45) is -4.54. The highest BCUT2D eigenvalue weighted by Gasteiger charge is 2.32. The van der Waals surface area contributed by atoms with Crippen molar-refractivity contribution < 1.29 is 13.2 Å². The first kappa shape index (κ1) is 17.7.